The van der Waals surface area contributed by atoms with Crippen LogP contribution in [0.15, 0.2) is 29.2 Å². The van der Waals surface area contributed by atoms with E-state index in [0.717, 1.165) is 42.0 Å². The Morgan fingerprint density at radius 1 is 1.21 bits per heavy atom. The lowest BCUT2D eigenvalue weighted by Crippen LogP contribution is -2.25. The fourth-order valence-corrected chi connectivity index (χ4v) is 6.82. The monoisotopic (exact) mass is 417 g/mol. The van der Waals surface area contributed by atoms with Crippen molar-refractivity contribution >= 4 is 21.3 Å². The maximum Gasteiger partial charge on any atom is 0.179 e. The molecular weight excluding hydrogens is 386 g/mol. The van der Waals surface area contributed by atoms with Crippen molar-refractivity contribution in [1.82, 2.24) is 9.78 Å². The Bertz CT molecular complexity index is 1050. The fraction of sp³-hybridized carbons (Fsp3) is 0.591. The van der Waals surface area contributed by atoms with E-state index < -0.39 is 15.3 Å². The number of hydrogen-bond acceptors (Lipinski definition) is 5. The summed E-state index contributed by atoms with van der Waals surface area (Å²) in [5, 5.41) is 18.3. The second kappa shape index (κ2) is 6.57. The highest BCUT2D eigenvalue weighted by Crippen LogP contribution is 2.41. The second-order valence-corrected chi connectivity index (χ2v) is 12.1. The molecule has 158 valence electrons. The van der Waals surface area contributed by atoms with Gasteiger partial charge in [0.25, 0.3) is 0 Å². The minimum Gasteiger partial charge on any atom is -0.393 e. The summed E-state index contributed by atoms with van der Waals surface area (Å²) in [6, 6.07) is 7.58. The Balaban J connectivity index is 1.70. The van der Waals surface area contributed by atoms with Gasteiger partial charge in [0.1, 0.15) is 5.82 Å². The topological polar surface area (TPSA) is 84.2 Å². The molecule has 2 aromatic rings. The van der Waals surface area contributed by atoms with Gasteiger partial charge in [0.05, 0.1) is 28.0 Å². The number of rotatable bonds is 3. The summed E-state index contributed by atoms with van der Waals surface area (Å²) in [4.78, 5) is 0.443. The summed E-state index contributed by atoms with van der Waals surface area (Å²) >= 11 is 0. The van der Waals surface area contributed by atoms with Crippen molar-refractivity contribution in [2.45, 2.75) is 81.8 Å². The second-order valence-electron chi connectivity index (χ2n) is 10.2. The van der Waals surface area contributed by atoms with Crippen LogP contribution in [0, 0.1) is 0 Å². The van der Waals surface area contributed by atoms with E-state index in [1.807, 2.05) is 30.7 Å². The van der Waals surface area contributed by atoms with Crippen molar-refractivity contribution < 1.29 is 13.5 Å². The summed E-state index contributed by atoms with van der Waals surface area (Å²) in [5.74, 6) is 1.30. The molecule has 2 aliphatic rings. The van der Waals surface area contributed by atoms with Crippen LogP contribution in [-0.4, -0.2) is 35.2 Å². The molecule has 0 amide bonds. The SMILES string of the molecule is CC1(C)CS(=O)(=O)c2ccc(Nc3cc([C@H]4CC[C@@H](O)C4)nn3C(C)(C)C)cc21. The Kier molecular flexibility index (Phi) is 4.63. The highest BCUT2D eigenvalue weighted by molar-refractivity contribution is 7.91. The zero-order valence-electron chi connectivity index (χ0n) is 17.9. The number of aliphatic hydroxyl groups excluding tert-OH is 1. The van der Waals surface area contributed by atoms with Crippen LogP contribution in [0.2, 0.25) is 0 Å². The van der Waals surface area contributed by atoms with Gasteiger partial charge in [-0.1, -0.05) is 13.8 Å². The van der Waals surface area contributed by atoms with Crippen LogP contribution >= 0.6 is 0 Å². The lowest BCUT2D eigenvalue weighted by atomic mass is 9.87. The molecule has 0 bridgehead atoms. The van der Waals surface area contributed by atoms with E-state index in [9.17, 15) is 13.5 Å². The van der Waals surface area contributed by atoms with Gasteiger partial charge in [-0.15, -0.1) is 0 Å². The number of aliphatic hydroxyl groups is 1. The molecule has 0 unspecified atom stereocenters. The van der Waals surface area contributed by atoms with Crippen LogP contribution in [0.25, 0.3) is 0 Å². The molecule has 29 heavy (non-hydrogen) atoms. The van der Waals surface area contributed by atoms with Gasteiger partial charge in [-0.05, 0) is 63.8 Å². The number of fused-ring (bicyclic) bond motifs is 1. The summed E-state index contributed by atoms with van der Waals surface area (Å²) in [7, 11) is -3.22. The average Bonchev–Trinajstić information content (AvgIpc) is 3.23. The maximum absolute atomic E-state index is 12.4. The first-order chi connectivity index (χ1) is 13.4. The van der Waals surface area contributed by atoms with E-state index in [-0.39, 0.29) is 23.3 Å². The smallest absolute Gasteiger partial charge is 0.179 e. The third-order valence-electron chi connectivity index (χ3n) is 6.05. The van der Waals surface area contributed by atoms with E-state index in [4.69, 9.17) is 5.10 Å². The molecule has 0 spiro atoms. The van der Waals surface area contributed by atoms with Crippen molar-refractivity contribution in [3.8, 4) is 0 Å². The molecule has 1 saturated carbocycles. The molecule has 1 aliphatic heterocycles. The summed E-state index contributed by atoms with van der Waals surface area (Å²) in [6.45, 7) is 10.3. The molecule has 2 atom stereocenters. The van der Waals surface area contributed by atoms with Gasteiger partial charge in [-0.3, -0.25) is 0 Å². The molecule has 1 aromatic carbocycles. The molecule has 7 heteroatoms. The van der Waals surface area contributed by atoms with Crippen molar-refractivity contribution in [2.75, 3.05) is 11.1 Å². The Morgan fingerprint density at radius 2 is 1.93 bits per heavy atom. The van der Waals surface area contributed by atoms with E-state index >= 15 is 0 Å². The van der Waals surface area contributed by atoms with E-state index in [0.29, 0.717) is 4.90 Å². The molecule has 1 aliphatic carbocycles. The number of hydrogen-bond donors (Lipinski definition) is 2. The molecule has 1 fully saturated rings. The minimum atomic E-state index is -3.22. The van der Waals surface area contributed by atoms with E-state index in [1.165, 1.54) is 0 Å². The van der Waals surface area contributed by atoms with Crippen molar-refractivity contribution in [2.24, 2.45) is 0 Å². The normalized spacial score (nSPS) is 25.2. The zero-order valence-corrected chi connectivity index (χ0v) is 18.7. The van der Waals surface area contributed by atoms with Crippen molar-refractivity contribution in [3.63, 3.8) is 0 Å². The molecule has 2 heterocycles. The Hall–Kier alpha value is -1.86. The van der Waals surface area contributed by atoms with Gasteiger partial charge in [0.2, 0.25) is 0 Å². The predicted octanol–water partition coefficient (Wildman–Crippen LogP) is 4.08. The molecule has 2 N–H and O–H groups in total. The van der Waals surface area contributed by atoms with Gasteiger partial charge in [0, 0.05) is 23.1 Å². The van der Waals surface area contributed by atoms with Gasteiger partial charge >= 0.3 is 0 Å². The number of nitrogens with zero attached hydrogens (tertiary/aromatic N) is 2. The van der Waals surface area contributed by atoms with Crippen molar-refractivity contribution in [3.05, 3.63) is 35.5 Å². The van der Waals surface area contributed by atoms with E-state index in [2.05, 4.69) is 32.2 Å². The Morgan fingerprint density at radius 3 is 2.55 bits per heavy atom. The van der Waals surface area contributed by atoms with Crippen LogP contribution < -0.4 is 5.32 Å². The van der Waals surface area contributed by atoms with Crippen LogP contribution in [-0.2, 0) is 20.8 Å². The highest BCUT2D eigenvalue weighted by Gasteiger charge is 2.40. The average molecular weight is 418 g/mol. The summed E-state index contributed by atoms with van der Waals surface area (Å²) in [5.41, 5.74) is 2.11. The van der Waals surface area contributed by atoms with Gasteiger partial charge in [-0.25, -0.2) is 13.1 Å². The third-order valence-corrected chi connectivity index (χ3v) is 8.18. The van der Waals surface area contributed by atoms with Crippen LogP contribution in [0.3, 0.4) is 0 Å². The predicted molar refractivity (Wildman–Crippen MR) is 115 cm³/mol. The third kappa shape index (κ3) is 3.70. The first-order valence-corrected chi connectivity index (χ1v) is 11.9. The maximum atomic E-state index is 12.4. The first-order valence-electron chi connectivity index (χ1n) is 10.3. The highest BCUT2D eigenvalue weighted by atomic mass is 32.2. The van der Waals surface area contributed by atoms with E-state index in [1.54, 1.807) is 6.07 Å². The lowest BCUT2D eigenvalue weighted by Gasteiger charge is -2.23. The Labute approximate surface area is 173 Å². The number of aromatic nitrogens is 2. The molecular formula is C22H31N3O3S. The first kappa shape index (κ1) is 20.4. The number of anilines is 2. The number of nitrogens with one attached hydrogen (secondary N) is 1. The molecule has 1 aromatic heterocycles. The van der Waals surface area contributed by atoms with Crippen LogP contribution in [0.1, 0.15) is 71.1 Å². The van der Waals surface area contributed by atoms with Crippen LogP contribution in [0.5, 0.6) is 0 Å². The van der Waals surface area contributed by atoms with Crippen LogP contribution in [0.4, 0.5) is 11.5 Å². The lowest BCUT2D eigenvalue weighted by molar-refractivity contribution is 0.181. The minimum absolute atomic E-state index is 0.146. The quantitative estimate of drug-likeness (QED) is 0.786. The largest absolute Gasteiger partial charge is 0.393 e. The molecule has 4 rings (SSSR count). The summed E-state index contributed by atoms with van der Waals surface area (Å²) in [6.07, 6.45) is 2.29. The molecule has 0 radical (unpaired) electrons. The van der Waals surface area contributed by atoms with Gasteiger partial charge in [0.15, 0.2) is 9.84 Å². The number of sulfone groups is 1. The molecule has 6 nitrogen and oxygen atoms in total. The zero-order chi connectivity index (χ0) is 21.2. The molecule has 0 saturated heterocycles. The fourth-order valence-electron chi connectivity index (χ4n) is 4.61. The number of benzene rings is 1. The standard InChI is InChI=1S/C22H31N3O3S/c1-21(2,3)25-20(12-18(24-25)14-6-8-16(26)10-14)23-15-7-9-19-17(11-15)22(4,5)13-29(19,27)28/h7,9,11-12,14,16,23,26H,6,8,10,13H2,1-5H3/t14-,16+/m0/s1. The van der Waals surface area contributed by atoms with Gasteiger partial charge in [-0.2, -0.15) is 5.10 Å². The van der Waals surface area contributed by atoms with Crippen molar-refractivity contribution in [1.29, 1.82) is 0 Å². The van der Waals surface area contributed by atoms with Gasteiger partial charge < -0.3 is 10.4 Å². The summed E-state index contributed by atoms with van der Waals surface area (Å²) < 4.78 is 26.9.